The van der Waals surface area contributed by atoms with Gasteiger partial charge in [-0.3, -0.25) is 0 Å². The van der Waals surface area contributed by atoms with Crippen LogP contribution in [0.15, 0.2) is 35.3 Å². The molecule has 0 atom stereocenters. The Bertz CT molecular complexity index is 529. The van der Waals surface area contributed by atoms with E-state index < -0.39 is 0 Å². The molecule has 0 saturated heterocycles. The van der Waals surface area contributed by atoms with Crippen LogP contribution in [-0.4, -0.2) is 6.79 Å². The average Bonchev–Trinajstić information content (AvgIpc) is 2.86. The summed E-state index contributed by atoms with van der Waals surface area (Å²) in [6, 6.07) is 6.17. The summed E-state index contributed by atoms with van der Waals surface area (Å²) in [5, 5.41) is 0. The van der Waals surface area contributed by atoms with E-state index in [0.717, 1.165) is 17.9 Å². The predicted octanol–water partition coefficient (Wildman–Crippen LogP) is 4.43. The third-order valence-corrected chi connectivity index (χ3v) is 4.57. The largest absolute Gasteiger partial charge is 0.454 e. The number of benzene rings is 1. The fourth-order valence-corrected chi connectivity index (χ4v) is 3.17. The number of hydrogen-bond donors (Lipinski definition) is 0. The number of rotatable bonds is 2. The SMILES string of the molecule is CC(C)C1=CCC=C(c2ccc3c(c2)OCO3)S1. The van der Waals surface area contributed by atoms with Crippen LogP contribution >= 0.6 is 11.8 Å². The third-order valence-electron chi connectivity index (χ3n) is 3.08. The summed E-state index contributed by atoms with van der Waals surface area (Å²) in [5.41, 5.74) is 1.22. The van der Waals surface area contributed by atoms with E-state index >= 15 is 0 Å². The van der Waals surface area contributed by atoms with Crippen LogP contribution in [-0.2, 0) is 0 Å². The van der Waals surface area contributed by atoms with E-state index in [-0.39, 0.29) is 0 Å². The fraction of sp³-hybridized carbons (Fsp3) is 0.333. The van der Waals surface area contributed by atoms with Crippen molar-refractivity contribution in [1.82, 2.24) is 0 Å². The summed E-state index contributed by atoms with van der Waals surface area (Å²) in [4.78, 5) is 2.77. The topological polar surface area (TPSA) is 18.5 Å². The van der Waals surface area contributed by atoms with Crippen molar-refractivity contribution in [3.63, 3.8) is 0 Å². The predicted molar refractivity (Wildman–Crippen MR) is 75.7 cm³/mol. The van der Waals surface area contributed by atoms with Gasteiger partial charge in [0.1, 0.15) is 0 Å². The molecule has 0 spiro atoms. The first-order chi connectivity index (χ1) is 8.74. The number of ether oxygens (including phenoxy) is 2. The van der Waals surface area contributed by atoms with E-state index in [9.17, 15) is 0 Å². The molecule has 0 amide bonds. The molecule has 0 aromatic heterocycles. The molecule has 2 heterocycles. The van der Waals surface area contributed by atoms with E-state index in [1.54, 1.807) is 0 Å². The van der Waals surface area contributed by atoms with E-state index in [1.807, 2.05) is 17.8 Å². The lowest BCUT2D eigenvalue weighted by Gasteiger charge is -2.17. The molecule has 18 heavy (non-hydrogen) atoms. The van der Waals surface area contributed by atoms with Crippen molar-refractivity contribution in [3.05, 3.63) is 40.8 Å². The molecule has 3 rings (SSSR count). The number of allylic oxidation sites excluding steroid dienone is 3. The van der Waals surface area contributed by atoms with Gasteiger partial charge in [0.2, 0.25) is 6.79 Å². The summed E-state index contributed by atoms with van der Waals surface area (Å²) >= 11 is 1.86. The van der Waals surface area contributed by atoms with Crippen LogP contribution < -0.4 is 9.47 Å². The molecular weight excluding hydrogens is 244 g/mol. The molecule has 0 N–H and O–H groups in total. The second-order valence-electron chi connectivity index (χ2n) is 4.74. The van der Waals surface area contributed by atoms with Gasteiger partial charge in [-0.1, -0.05) is 37.8 Å². The van der Waals surface area contributed by atoms with Gasteiger partial charge in [-0.15, -0.1) is 0 Å². The van der Waals surface area contributed by atoms with E-state index in [2.05, 4.69) is 38.1 Å². The first-order valence-electron chi connectivity index (χ1n) is 6.22. The Labute approximate surface area is 112 Å². The Kier molecular flexibility index (Phi) is 3.08. The minimum absolute atomic E-state index is 0.335. The second kappa shape index (κ2) is 4.73. The lowest BCUT2D eigenvalue weighted by Crippen LogP contribution is -1.94. The Morgan fingerprint density at radius 3 is 2.78 bits per heavy atom. The Hall–Kier alpha value is -1.35. The Morgan fingerprint density at radius 1 is 1.11 bits per heavy atom. The molecule has 3 heteroatoms. The van der Waals surface area contributed by atoms with Crippen molar-refractivity contribution in [1.29, 1.82) is 0 Å². The molecule has 94 valence electrons. The van der Waals surface area contributed by atoms with Gasteiger partial charge in [-0.2, -0.15) is 0 Å². The van der Waals surface area contributed by atoms with Gasteiger partial charge in [0.25, 0.3) is 0 Å². The molecule has 0 unspecified atom stereocenters. The highest BCUT2D eigenvalue weighted by Gasteiger charge is 2.17. The summed E-state index contributed by atoms with van der Waals surface area (Å²) in [7, 11) is 0. The standard InChI is InChI=1S/C15H16O2S/c1-10(2)14-4-3-5-15(18-14)11-6-7-12-13(8-11)17-9-16-12/h4-8,10H,3,9H2,1-2H3. The summed E-state index contributed by atoms with van der Waals surface area (Å²) in [6.45, 7) is 4.81. The van der Waals surface area contributed by atoms with Crippen LogP contribution in [0.1, 0.15) is 25.8 Å². The second-order valence-corrected chi connectivity index (χ2v) is 5.85. The minimum atomic E-state index is 0.335. The summed E-state index contributed by atoms with van der Waals surface area (Å²) < 4.78 is 10.8. The number of fused-ring (bicyclic) bond motifs is 1. The molecule has 1 aromatic rings. The smallest absolute Gasteiger partial charge is 0.231 e. The van der Waals surface area contributed by atoms with Crippen molar-refractivity contribution in [2.24, 2.45) is 5.92 Å². The van der Waals surface area contributed by atoms with Gasteiger partial charge in [-0.05, 0) is 41.0 Å². The summed E-state index contributed by atoms with van der Waals surface area (Å²) in [6.07, 6.45) is 5.60. The average molecular weight is 260 g/mol. The van der Waals surface area contributed by atoms with Gasteiger partial charge in [0.05, 0.1) is 0 Å². The van der Waals surface area contributed by atoms with Gasteiger partial charge in [0.15, 0.2) is 11.5 Å². The highest BCUT2D eigenvalue weighted by Crippen LogP contribution is 2.43. The van der Waals surface area contributed by atoms with E-state index in [4.69, 9.17) is 9.47 Å². The monoisotopic (exact) mass is 260 g/mol. The van der Waals surface area contributed by atoms with Crippen LogP contribution in [0.2, 0.25) is 0 Å². The van der Waals surface area contributed by atoms with Gasteiger partial charge in [0, 0.05) is 4.91 Å². The zero-order valence-corrected chi connectivity index (χ0v) is 11.4. The maximum Gasteiger partial charge on any atom is 0.231 e. The van der Waals surface area contributed by atoms with Gasteiger partial charge in [-0.25, -0.2) is 0 Å². The first kappa shape index (κ1) is 11.7. The lowest BCUT2D eigenvalue weighted by molar-refractivity contribution is 0.174. The summed E-state index contributed by atoms with van der Waals surface area (Å²) in [5.74, 6) is 2.29. The van der Waals surface area contributed by atoms with Crippen LogP contribution in [0.25, 0.3) is 4.91 Å². The first-order valence-corrected chi connectivity index (χ1v) is 7.04. The molecule has 2 nitrogen and oxygen atoms in total. The van der Waals surface area contributed by atoms with Crippen LogP contribution in [0.4, 0.5) is 0 Å². The normalized spacial score (nSPS) is 17.7. The van der Waals surface area contributed by atoms with Crippen molar-refractivity contribution >= 4 is 16.7 Å². The van der Waals surface area contributed by atoms with Gasteiger partial charge >= 0.3 is 0 Å². The molecule has 2 aliphatic heterocycles. The lowest BCUT2D eigenvalue weighted by atomic mass is 10.1. The molecule has 1 aromatic carbocycles. The minimum Gasteiger partial charge on any atom is -0.454 e. The quantitative estimate of drug-likeness (QED) is 0.783. The number of thioether (sulfide) groups is 1. The van der Waals surface area contributed by atoms with Crippen molar-refractivity contribution in [2.75, 3.05) is 6.79 Å². The van der Waals surface area contributed by atoms with E-state index in [0.29, 0.717) is 12.7 Å². The van der Waals surface area contributed by atoms with Gasteiger partial charge < -0.3 is 9.47 Å². The fourth-order valence-electron chi connectivity index (χ4n) is 2.07. The molecule has 0 saturated carbocycles. The van der Waals surface area contributed by atoms with Crippen LogP contribution in [0, 0.1) is 5.92 Å². The third kappa shape index (κ3) is 2.15. The molecular formula is C15H16O2S. The molecule has 0 bridgehead atoms. The maximum absolute atomic E-state index is 5.43. The maximum atomic E-state index is 5.43. The molecule has 0 radical (unpaired) electrons. The van der Waals surface area contributed by atoms with Crippen molar-refractivity contribution in [3.8, 4) is 11.5 Å². The zero-order valence-electron chi connectivity index (χ0n) is 10.6. The molecule has 2 aliphatic rings. The van der Waals surface area contributed by atoms with Crippen molar-refractivity contribution in [2.45, 2.75) is 20.3 Å². The zero-order chi connectivity index (χ0) is 12.5. The van der Waals surface area contributed by atoms with Crippen molar-refractivity contribution < 1.29 is 9.47 Å². The molecule has 0 fully saturated rings. The highest BCUT2D eigenvalue weighted by atomic mass is 32.2. The van der Waals surface area contributed by atoms with Crippen LogP contribution in [0.3, 0.4) is 0 Å². The van der Waals surface area contributed by atoms with Crippen LogP contribution in [0.5, 0.6) is 11.5 Å². The number of hydrogen-bond acceptors (Lipinski definition) is 3. The highest BCUT2D eigenvalue weighted by molar-refractivity contribution is 8.11. The Balaban J connectivity index is 1.85. The Morgan fingerprint density at radius 2 is 1.94 bits per heavy atom. The van der Waals surface area contributed by atoms with E-state index in [1.165, 1.54) is 15.4 Å². The molecule has 0 aliphatic carbocycles.